The molecule has 0 saturated heterocycles. The highest BCUT2D eigenvalue weighted by atomic mass is 15.2. The van der Waals surface area contributed by atoms with Crippen molar-refractivity contribution in [3.63, 3.8) is 0 Å². The number of nitrogens with zero attached hydrogens (tertiary/aromatic N) is 2. The second-order valence-electron chi connectivity index (χ2n) is 17.0. The Kier molecular flexibility index (Phi) is 13.7. The van der Waals surface area contributed by atoms with Crippen molar-refractivity contribution < 1.29 is 0 Å². The number of rotatable bonds is 8. The molecule has 326 valence electrons. The maximum absolute atomic E-state index is 4.62. The highest BCUT2D eigenvalue weighted by Crippen LogP contribution is 2.59. The van der Waals surface area contributed by atoms with Crippen molar-refractivity contribution >= 4 is 34.4 Å². The van der Waals surface area contributed by atoms with E-state index in [9.17, 15) is 0 Å². The summed E-state index contributed by atoms with van der Waals surface area (Å²) in [4.78, 5) is 6.80. The molecule has 1 aliphatic heterocycles. The van der Waals surface area contributed by atoms with E-state index in [1.807, 2.05) is 55.5 Å². The fourth-order valence-corrected chi connectivity index (χ4v) is 9.84. The lowest BCUT2D eigenvalue weighted by Gasteiger charge is -2.40. The van der Waals surface area contributed by atoms with E-state index in [0.717, 1.165) is 36.2 Å². The first-order valence-electron chi connectivity index (χ1n) is 23.3. The lowest BCUT2D eigenvalue weighted by Crippen LogP contribution is -2.36. The Morgan fingerprint density at radius 1 is 0.627 bits per heavy atom. The molecule has 6 aromatic carbocycles. The summed E-state index contributed by atoms with van der Waals surface area (Å²) >= 11 is 0. The minimum atomic E-state index is -0.452. The number of aliphatic imine (C=N–C) groups is 1. The maximum atomic E-state index is 4.62. The zero-order valence-corrected chi connectivity index (χ0v) is 38.3. The predicted octanol–water partition coefficient (Wildman–Crippen LogP) is 16.9. The molecule has 3 aliphatic carbocycles. The van der Waals surface area contributed by atoms with Crippen LogP contribution in [0.15, 0.2) is 272 Å². The van der Waals surface area contributed by atoms with Crippen LogP contribution in [0.5, 0.6) is 0 Å². The second kappa shape index (κ2) is 20.8. The van der Waals surface area contributed by atoms with Crippen molar-refractivity contribution in [2.24, 2.45) is 4.99 Å². The average Bonchev–Trinajstić information content (AvgIpc) is 3.49. The van der Waals surface area contributed by atoms with Crippen LogP contribution in [0.4, 0.5) is 5.69 Å². The SMILES string of the molecule is C1=CCC=CC(c2ccccc2)=C1.C=N\C(=C/C=C\C=C/C=C/C)c1ccc(-c2cccc3c2-c2cc4ccccc4cc2C32C/C=C\C=C/C(=C)N(C3C=CC=CC3)c3ccccc32)cc1. The van der Waals surface area contributed by atoms with Crippen LogP contribution in [0.2, 0.25) is 0 Å². The number of benzene rings is 6. The van der Waals surface area contributed by atoms with Gasteiger partial charge in [-0.1, -0.05) is 231 Å². The maximum Gasteiger partial charge on any atom is 0.0694 e. The summed E-state index contributed by atoms with van der Waals surface area (Å²) in [5.74, 6) is 0. The minimum Gasteiger partial charge on any atom is -0.334 e. The van der Waals surface area contributed by atoms with Crippen LogP contribution in [0, 0.1) is 0 Å². The molecule has 0 saturated carbocycles. The van der Waals surface area contributed by atoms with Gasteiger partial charge in [0, 0.05) is 16.9 Å². The fraction of sp³-hybridized carbons (Fsp3) is 0.0923. The molecule has 2 unspecified atom stereocenters. The van der Waals surface area contributed by atoms with E-state index < -0.39 is 5.41 Å². The van der Waals surface area contributed by atoms with Crippen molar-refractivity contribution in [1.29, 1.82) is 0 Å². The molecule has 1 heterocycles. The standard InChI is InChI=1S/C52H44N2.C13H12/c1-4-5-6-7-8-14-29-49(53-3)40-33-31-39(32-34-40)44-26-20-28-47-51(44)45-36-41-22-15-16-23-42(41)37-48(45)52(47)35-19-10-11-21-38(2)54(43-24-12-9-13-25-43)50-30-18-17-27-46(50)52;1-2-5-9-12(8-4-1)13-10-6-3-7-11-13/h4-24,26-34,36-37,43H,2-3,25,35H2,1H3;1,3-11H,2H2/b5-4+,7-6-,14-8-,19-10-,21-11-,49-29-;. The molecular weight excluding hydrogens is 809 g/mol. The molecule has 6 aromatic rings. The van der Waals surface area contributed by atoms with Gasteiger partial charge >= 0.3 is 0 Å². The summed E-state index contributed by atoms with van der Waals surface area (Å²) in [6.07, 6.45) is 45.3. The van der Waals surface area contributed by atoms with Crippen LogP contribution < -0.4 is 4.90 Å². The van der Waals surface area contributed by atoms with Gasteiger partial charge < -0.3 is 4.90 Å². The van der Waals surface area contributed by atoms with E-state index in [1.165, 1.54) is 66.5 Å². The Morgan fingerprint density at radius 2 is 1.37 bits per heavy atom. The van der Waals surface area contributed by atoms with Gasteiger partial charge in [-0.2, -0.15) is 0 Å². The van der Waals surface area contributed by atoms with Gasteiger partial charge in [-0.3, -0.25) is 4.99 Å². The highest BCUT2D eigenvalue weighted by molar-refractivity contribution is 6.00. The Morgan fingerprint density at radius 3 is 2.18 bits per heavy atom. The van der Waals surface area contributed by atoms with E-state index >= 15 is 0 Å². The molecule has 10 rings (SSSR count). The summed E-state index contributed by atoms with van der Waals surface area (Å²) in [6.45, 7) is 10.5. The lowest BCUT2D eigenvalue weighted by atomic mass is 9.68. The van der Waals surface area contributed by atoms with E-state index in [0.29, 0.717) is 0 Å². The molecule has 0 aromatic heterocycles. The van der Waals surface area contributed by atoms with Crippen molar-refractivity contribution in [3.05, 3.63) is 295 Å². The third-order valence-corrected chi connectivity index (χ3v) is 13.0. The molecule has 67 heavy (non-hydrogen) atoms. The molecule has 0 amide bonds. The van der Waals surface area contributed by atoms with Gasteiger partial charge in [0.1, 0.15) is 0 Å². The van der Waals surface area contributed by atoms with Crippen LogP contribution in [0.25, 0.3) is 44.3 Å². The molecular formula is C65H56N2. The van der Waals surface area contributed by atoms with Crippen LogP contribution >= 0.6 is 0 Å². The van der Waals surface area contributed by atoms with Gasteiger partial charge in [-0.25, -0.2) is 0 Å². The van der Waals surface area contributed by atoms with Crippen LogP contribution in [-0.4, -0.2) is 12.8 Å². The zero-order valence-electron chi connectivity index (χ0n) is 38.3. The molecule has 0 fully saturated rings. The molecule has 0 radical (unpaired) electrons. The number of allylic oxidation sites excluding steroid dienone is 19. The third kappa shape index (κ3) is 9.25. The van der Waals surface area contributed by atoms with Crippen molar-refractivity contribution in [3.8, 4) is 22.3 Å². The third-order valence-electron chi connectivity index (χ3n) is 13.0. The van der Waals surface area contributed by atoms with E-state index in [-0.39, 0.29) is 6.04 Å². The zero-order chi connectivity index (χ0) is 45.8. The van der Waals surface area contributed by atoms with Gasteiger partial charge in [-0.15, -0.1) is 0 Å². The smallest absolute Gasteiger partial charge is 0.0694 e. The molecule has 0 bridgehead atoms. The van der Waals surface area contributed by atoms with E-state index in [2.05, 4.69) is 230 Å². The largest absolute Gasteiger partial charge is 0.334 e. The minimum absolute atomic E-state index is 0.157. The second-order valence-corrected chi connectivity index (χ2v) is 17.0. The van der Waals surface area contributed by atoms with Crippen molar-refractivity contribution in [2.45, 2.75) is 37.6 Å². The average molecular weight is 865 g/mol. The quantitative estimate of drug-likeness (QED) is 0.110. The Balaban J connectivity index is 0.000000371. The van der Waals surface area contributed by atoms with Gasteiger partial charge in [0.05, 0.1) is 17.2 Å². The fourth-order valence-electron chi connectivity index (χ4n) is 9.84. The Labute approximate surface area is 397 Å². The van der Waals surface area contributed by atoms with Crippen LogP contribution in [0.1, 0.15) is 54.0 Å². The summed E-state index contributed by atoms with van der Waals surface area (Å²) in [6, 6.07) is 49.0. The number of hydrogen-bond acceptors (Lipinski definition) is 2. The molecule has 2 heteroatoms. The lowest BCUT2D eigenvalue weighted by molar-refractivity contribution is 0.638. The first-order valence-corrected chi connectivity index (χ1v) is 23.3. The normalized spacial score (nSPS) is 19.5. The van der Waals surface area contributed by atoms with E-state index in [4.69, 9.17) is 0 Å². The predicted molar refractivity (Wildman–Crippen MR) is 290 cm³/mol. The van der Waals surface area contributed by atoms with Crippen molar-refractivity contribution in [1.82, 2.24) is 0 Å². The monoisotopic (exact) mass is 864 g/mol. The molecule has 4 aliphatic rings. The number of fused-ring (bicyclic) bond motifs is 8. The molecule has 2 atom stereocenters. The molecule has 2 nitrogen and oxygen atoms in total. The summed E-state index contributed by atoms with van der Waals surface area (Å²) < 4.78 is 0. The number of para-hydroxylation sites is 1. The van der Waals surface area contributed by atoms with Gasteiger partial charge in [0.25, 0.3) is 0 Å². The topological polar surface area (TPSA) is 15.6 Å². The van der Waals surface area contributed by atoms with Crippen LogP contribution in [-0.2, 0) is 5.41 Å². The van der Waals surface area contributed by atoms with Gasteiger partial charge in [-0.05, 0) is 124 Å². The summed E-state index contributed by atoms with van der Waals surface area (Å²) in [7, 11) is 0. The highest BCUT2D eigenvalue weighted by Gasteiger charge is 2.47. The Bertz CT molecular complexity index is 3130. The van der Waals surface area contributed by atoms with E-state index in [1.54, 1.807) is 0 Å². The van der Waals surface area contributed by atoms with Crippen molar-refractivity contribution in [2.75, 3.05) is 4.90 Å². The van der Waals surface area contributed by atoms with Crippen LogP contribution in [0.3, 0.4) is 0 Å². The van der Waals surface area contributed by atoms with Gasteiger partial charge in [0.2, 0.25) is 0 Å². The molecule has 0 N–H and O–H groups in total. The Hall–Kier alpha value is -8.07. The number of anilines is 1. The summed E-state index contributed by atoms with van der Waals surface area (Å²) in [5.41, 5.74) is 15.1. The van der Waals surface area contributed by atoms with Gasteiger partial charge in [0.15, 0.2) is 0 Å². The number of hydrogen-bond donors (Lipinski definition) is 0. The first kappa shape index (κ1) is 44.1. The summed E-state index contributed by atoms with van der Waals surface area (Å²) in [5, 5.41) is 2.49. The molecule has 1 spiro atoms. The first-order chi connectivity index (χ1) is 33.1.